The molecule has 0 radical (unpaired) electrons. The van der Waals surface area contributed by atoms with Crippen molar-refractivity contribution in [3.63, 3.8) is 0 Å². The number of para-hydroxylation sites is 2. The number of nitrogens with zero attached hydrogens (tertiary/aromatic N) is 1. The van der Waals surface area contributed by atoms with Crippen LogP contribution in [0.4, 0.5) is 5.69 Å². The van der Waals surface area contributed by atoms with Crippen molar-refractivity contribution in [3.05, 3.63) is 132 Å². The molecule has 1 aromatic heterocycles. The monoisotopic (exact) mass is 436 g/mol. The average molecular weight is 437 g/mol. The number of benzene rings is 4. The Hall–Kier alpha value is -4.30. The molecule has 0 amide bonds. The molecule has 1 unspecified atom stereocenters. The van der Waals surface area contributed by atoms with Crippen molar-refractivity contribution in [1.82, 2.24) is 4.57 Å². The maximum absolute atomic E-state index is 3.70. The predicted octanol–water partition coefficient (Wildman–Crippen LogP) is 8.36. The molecule has 2 nitrogen and oxygen atoms in total. The highest BCUT2D eigenvalue weighted by Crippen LogP contribution is 2.39. The van der Waals surface area contributed by atoms with E-state index in [2.05, 4.69) is 131 Å². The largest absolute Gasteiger partial charge is 0.355 e. The zero-order chi connectivity index (χ0) is 22.5. The molecule has 0 saturated heterocycles. The van der Waals surface area contributed by atoms with Crippen LogP contribution in [0.2, 0.25) is 0 Å². The lowest BCUT2D eigenvalue weighted by atomic mass is 9.97. The van der Waals surface area contributed by atoms with Crippen molar-refractivity contribution in [3.8, 4) is 11.1 Å². The fourth-order valence-corrected chi connectivity index (χ4v) is 5.44. The van der Waals surface area contributed by atoms with Crippen LogP contribution in [0.5, 0.6) is 0 Å². The van der Waals surface area contributed by atoms with E-state index < -0.39 is 0 Å². The molecule has 0 bridgehead atoms. The first-order valence-electron chi connectivity index (χ1n) is 11.9. The van der Waals surface area contributed by atoms with Crippen LogP contribution < -0.4 is 5.32 Å². The maximum atomic E-state index is 3.70. The SMILES string of the molecule is C1=Cc2cc(-c3ccccc3)ccc2NC2=C1CC(n1c3ccccc3c3ccccc31)C=C2. The highest BCUT2D eigenvalue weighted by Gasteiger charge is 2.22. The average Bonchev–Trinajstić information content (AvgIpc) is 3.12. The van der Waals surface area contributed by atoms with E-state index in [0.29, 0.717) is 0 Å². The van der Waals surface area contributed by atoms with E-state index in [0.717, 1.165) is 12.1 Å². The predicted molar refractivity (Wildman–Crippen MR) is 144 cm³/mol. The Morgan fingerprint density at radius 3 is 2.12 bits per heavy atom. The van der Waals surface area contributed by atoms with Crippen molar-refractivity contribution in [1.29, 1.82) is 0 Å². The third kappa shape index (κ3) is 3.03. The van der Waals surface area contributed by atoms with Crippen molar-refractivity contribution >= 4 is 33.6 Å². The molecule has 1 N–H and O–H groups in total. The summed E-state index contributed by atoms with van der Waals surface area (Å²) in [6, 6.07) is 35.0. The highest BCUT2D eigenvalue weighted by molar-refractivity contribution is 6.08. The smallest absolute Gasteiger partial charge is 0.0567 e. The van der Waals surface area contributed by atoms with E-state index in [4.69, 9.17) is 0 Å². The van der Waals surface area contributed by atoms with Crippen LogP contribution in [0.25, 0.3) is 39.0 Å². The normalized spacial score (nSPS) is 16.9. The fraction of sp³-hybridized carbons (Fsp3) is 0.0625. The molecular weight excluding hydrogens is 412 g/mol. The number of allylic oxidation sites excluding steroid dienone is 4. The number of anilines is 1. The zero-order valence-electron chi connectivity index (χ0n) is 18.8. The summed E-state index contributed by atoms with van der Waals surface area (Å²) >= 11 is 0. The first-order valence-corrected chi connectivity index (χ1v) is 11.9. The summed E-state index contributed by atoms with van der Waals surface area (Å²) in [5, 5.41) is 6.34. The van der Waals surface area contributed by atoms with Gasteiger partial charge in [-0.15, -0.1) is 0 Å². The summed E-state index contributed by atoms with van der Waals surface area (Å²) < 4.78 is 2.50. The molecule has 2 heterocycles. The van der Waals surface area contributed by atoms with Crippen LogP contribution in [-0.2, 0) is 0 Å². The Balaban J connectivity index is 1.26. The minimum absolute atomic E-state index is 0.274. The van der Waals surface area contributed by atoms with E-state index in [1.54, 1.807) is 0 Å². The Labute approximate surface area is 199 Å². The van der Waals surface area contributed by atoms with Gasteiger partial charge >= 0.3 is 0 Å². The van der Waals surface area contributed by atoms with Crippen molar-refractivity contribution in [2.45, 2.75) is 12.5 Å². The summed E-state index contributed by atoms with van der Waals surface area (Å²) in [6.45, 7) is 0. The van der Waals surface area contributed by atoms with Gasteiger partial charge in [0.25, 0.3) is 0 Å². The van der Waals surface area contributed by atoms with Crippen molar-refractivity contribution < 1.29 is 0 Å². The molecule has 1 aliphatic heterocycles. The number of fused-ring (bicyclic) bond motifs is 4. The summed E-state index contributed by atoms with van der Waals surface area (Å²) in [4.78, 5) is 0. The number of aromatic nitrogens is 1. The van der Waals surface area contributed by atoms with Crippen LogP contribution in [-0.4, -0.2) is 4.57 Å². The third-order valence-corrected chi connectivity index (χ3v) is 7.10. The second-order valence-corrected chi connectivity index (χ2v) is 9.10. The molecular formula is C32H24N2. The lowest BCUT2D eigenvalue weighted by Crippen LogP contribution is -2.13. The Morgan fingerprint density at radius 2 is 1.35 bits per heavy atom. The van der Waals surface area contributed by atoms with Crippen molar-refractivity contribution in [2.75, 3.05) is 5.32 Å². The summed E-state index contributed by atoms with van der Waals surface area (Å²) in [5.74, 6) is 0. The second-order valence-electron chi connectivity index (χ2n) is 9.10. The van der Waals surface area contributed by atoms with Gasteiger partial charge in [-0.05, 0) is 59.0 Å². The zero-order valence-corrected chi connectivity index (χ0v) is 18.8. The van der Waals surface area contributed by atoms with Crippen LogP contribution in [0.1, 0.15) is 18.0 Å². The molecule has 2 heteroatoms. The van der Waals surface area contributed by atoms with Crippen LogP contribution in [0.15, 0.2) is 127 Å². The van der Waals surface area contributed by atoms with E-state index in [9.17, 15) is 0 Å². The molecule has 0 saturated carbocycles. The molecule has 1 aliphatic carbocycles. The quantitative estimate of drug-likeness (QED) is 0.294. The first kappa shape index (κ1) is 19.2. The second kappa shape index (κ2) is 7.64. The van der Waals surface area contributed by atoms with E-state index >= 15 is 0 Å². The molecule has 2 aliphatic rings. The number of nitrogens with one attached hydrogen (secondary N) is 1. The lowest BCUT2D eigenvalue weighted by Gasteiger charge is -2.24. The Kier molecular flexibility index (Phi) is 4.31. The van der Waals surface area contributed by atoms with E-state index in [1.165, 1.54) is 49.8 Å². The molecule has 34 heavy (non-hydrogen) atoms. The first-order chi connectivity index (χ1) is 16.8. The highest BCUT2D eigenvalue weighted by atomic mass is 15.0. The third-order valence-electron chi connectivity index (χ3n) is 7.10. The van der Waals surface area contributed by atoms with Crippen molar-refractivity contribution in [2.24, 2.45) is 0 Å². The van der Waals surface area contributed by atoms with Gasteiger partial charge in [-0.25, -0.2) is 0 Å². The minimum Gasteiger partial charge on any atom is -0.355 e. The molecule has 162 valence electrons. The Morgan fingerprint density at radius 1 is 0.647 bits per heavy atom. The van der Waals surface area contributed by atoms with Gasteiger partial charge in [0, 0.05) is 33.2 Å². The fourth-order valence-electron chi connectivity index (χ4n) is 5.44. The lowest BCUT2D eigenvalue weighted by molar-refractivity contribution is 0.632. The van der Waals surface area contributed by atoms with Gasteiger partial charge in [0.15, 0.2) is 0 Å². The van der Waals surface area contributed by atoms with Crippen LogP contribution in [0, 0.1) is 0 Å². The van der Waals surface area contributed by atoms with Gasteiger partial charge in [-0.2, -0.15) is 0 Å². The van der Waals surface area contributed by atoms with E-state index in [-0.39, 0.29) is 6.04 Å². The standard InChI is InChI=1S/C32H24N2/c1-2-8-22(9-3-1)23-16-18-29-24(20-23)14-15-25-21-26(17-19-30(25)33-29)34-31-12-6-4-10-27(31)28-11-5-7-13-32(28)34/h1-20,26,33H,21H2. The molecule has 4 aromatic carbocycles. The minimum atomic E-state index is 0.274. The summed E-state index contributed by atoms with van der Waals surface area (Å²) in [6.07, 6.45) is 10.1. The molecule has 0 fully saturated rings. The van der Waals surface area contributed by atoms with Gasteiger partial charge in [0.05, 0.1) is 6.04 Å². The van der Waals surface area contributed by atoms with Gasteiger partial charge in [-0.1, -0.05) is 91.0 Å². The molecule has 5 aromatic rings. The van der Waals surface area contributed by atoms with E-state index in [1.807, 2.05) is 0 Å². The van der Waals surface area contributed by atoms with Gasteiger partial charge in [-0.3, -0.25) is 0 Å². The van der Waals surface area contributed by atoms with Crippen LogP contribution >= 0.6 is 0 Å². The summed E-state index contributed by atoms with van der Waals surface area (Å²) in [7, 11) is 0. The van der Waals surface area contributed by atoms with Gasteiger partial charge in [0.1, 0.15) is 0 Å². The Bertz CT molecular complexity index is 1590. The number of hydrogen-bond donors (Lipinski definition) is 1. The number of rotatable bonds is 2. The van der Waals surface area contributed by atoms with Gasteiger partial charge < -0.3 is 9.88 Å². The maximum Gasteiger partial charge on any atom is 0.0567 e. The topological polar surface area (TPSA) is 17.0 Å². The van der Waals surface area contributed by atoms with Gasteiger partial charge in [0.2, 0.25) is 0 Å². The summed E-state index contributed by atoms with van der Waals surface area (Å²) in [5.41, 5.74) is 9.98. The molecule has 1 atom stereocenters. The number of hydrogen-bond acceptors (Lipinski definition) is 1. The molecule has 7 rings (SSSR count). The molecule has 0 spiro atoms. The van der Waals surface area contributed by atoms with Crippen LogP contribution in [0.3, 0.4) is 0 Å².